The molecule has 20 heavy (non-hydrogen) atoms. The van der Waals surface area contributed by atoms with E-state index < -0.39 is 20.7 Å². The molecule has 0 radical (unpaired) electrons. The lowest BCUT2D eigenvalue weighted by Gasteiger charge is -2.19. The van der Waals surface area contributed by atoms with E-state index in [1.54, 1.807) is 13.0 Å². The Morgan fingerprint density at radius 1 is 1.40 bits per heavy atom. The Labute approximate surface area is 117 Å². The Morgan fingerprint density at radius 3 is 2.60 bits per heavy atom. The van der Waals surface area contributed by atoms with Crippen LogP contribution in [0.4, 0.5) is 5.69 Å². The zero-order chi connectivity index (χ0) is 15.2. The minimum Gasteiger partial charge on any atom is -0.258 e. The summed E-state index contributed by atoms with van der Waals surface area (Å²) < 4.78 is 25.6. The van der Waals surface area contributed by atoms with Crippen molar-refractivity contribution in [3.05, 3.63) is 39.9 Å². The highest BCUT2D eigenvalue weighted by molar-refractivity contribution is 7.88. The molecular weight excluding hydrogens is 282 g/mol. The van der Waals surface area contributed by atoms with E-state index in [2.05, 4.69) is 0 Å². The van der Waals surface area contributed by atoms with Crippen LogP contribution in [0.1, 0.15) is 18.9 Å². The first-order valence-corrected chi connectivity index (χ1v) is 7.60. The van der Waals surface area contributed by atoms with Gasteiger partial charge in [0.25, 0.3) is 5.69 Å². The minimum absolute atomic E-state index is 0.0873. The average molecular weight is 297 g/mol. The van der Waals surface area contributed by atoms with Crippen LogP contribution in [0.5, 0.6) is 0 Å². The monoisotopic (exact) mass is 297 g/mol. The van der Waals surface area contributed by atoms with E-state index in [9.17, 15) is 18.5 Å². The van der Waals surface area contributed by atoms with Crippen molar-refractivity contribution < 1.29 is 13.3 Å². The first-order valence-electron chi connectivity index (χ1n) is 5.99. The molecule has 0 N–H and O–H groups in total. The molecule has 8 heteroatoms. The predicted molar refractivity (Wildman–Crippen MR) is 73.2 cm³/mol. The fourth-order valence-electron chi connectivity index (χ4n) is 1.77. The fraction of sp³-hybridized carbons (Fsp3) is 0.417. The van der Waals surface area contributed by atoms with Crippen LogP contribution in [0, 0.1) is 21.4 Å². The summed E-state index contributed by atoms with van der Waals surface area (Å²) in [4.78, 5) is 10.3. The van der Waals surface area contributed by atoms with Gasteiger partial charge in [-0.3, -0.25) is 10.1 Å². The third-order valence-electron chi connectivity index (χ3n) is 2.75. The van der Waals surface area contributed by atoms with Gasteiger partial charge in [0.1, 0.15) is 0 Å². The summed E-state index contributed by atoms with van der Waals surface area (Å²) in [7, 11) is -3.68. The highest BCUT2D eigenvalue weighted by Crippen LogP contribution is 2.21. The van der Waals surface area contributed by atoms with Crippen LogP contribution in [-0.4, -0.2) is 30.7 Å². The number of hydrogen-bond donors (Lipinski definition) is 0. The SMILES string of the molecule is CCN(CCC#N)S(=O)(=O)Cc1ccccc1[N+](=O)[O-]. The number of rotatable bonds is 7. The van der Waals surface area contributed by atoms with Crippen molar-refractivity contribution in [3.8, 4) is 6.07 Å². The van der Waals surface area contributed by atoms with Crippen molar-refractivity contribution in [2.24, 2.45) is 0 Å². The molecule has 0 heterocycles. The van der Waals surface area contributed by atoms with Crippen LogP contribution in [0.2, 0.25) is 0 Å². The van der Waals surface area contributed by atoms with Gasteiger partial charge in [0.15, 0.2) is 0 Å². The Morgan fingerprint density at radius 2 is 2.05 bits per heavy atom. The van der Waals surface area contributed by atoms with E-state index in [4.69, 9.17) is 5.26 Å². The van der Waals surface area contributed by atoms with Crippen molar-refractivity contribution in [1.29, 1.82) is 5.26 Å². The molecule has 0 saturated heterocycles. The van der Waals surface area contributed by atoms with E-state index in [0.29, 0.717) is 0 Å². The zero-order valence-corrected chi connectivity index (χ0v) is 11.8. The predicted octanol–water partition coefficient (Wildman–Crippen LogP) is 1.66. The normalized spacial score (nSPS) is 11.2. The second-order valence-corrected chi connectivity index (χ2v) is 6.01. The molecule has 0 amide bonds. The molecule has 0 spiro atoms. The summed E-state index contributed by atoms with van der Waals surface area (Å²) in [5.41, 5.74) is -0.0691. The maximum absolute atomic E-state index is 12.2. The van der Waals surface area contributed by atoms with E-state index in [1.807, 2.05) is 6.07 Å². The molecule has 0 unspecified atom stereocenters. The van der Waals surface area contributed by atoms with Crippen LogP contribution >= 0.6 is 0 Å². The van der Waals surface area contributed by atoms with Gasteiger partial charge in [-0.15, -0.1) is 0 Å². The highest BCUT2D eigenvalue weighted by atomic mass is 32.2. The van der Waals surface area contributed by atoms with Gasteiger partial charge in [-0.05, 0) is 0 Å². The largest absolute Gasteiger partial charge is 0.273 e. The lowest BCUT2D eigenvalue weighted by molar-refractivity contribution is -0.385. The van der Waals surface area contributed by atoms with Crippen molar-refractivity contribution in [2.45, 2.75) is 19.1 Å². The second-order valence-electron chi connectivity index (χ2n) is 4.04. The third-order valence-corrected chi connectivity index (χ3v) is 4.65. The quantitative estimate of drug-likeness (QED) is 0.562. The molecule has 0 saturated carbocycles. The van der Waals surface area contributed by atoms with Gasteiger partial charge >= 0.3 is 0 Å². The number of hydrogen-bond acceptors (Lipinski definition) is 5. The number of para-hydroxylation sites is 1. The van der Waals surface area contributed by atoms with Gasteiger partial charge < -0.3 is 0 Å². The van der Waals surface area contributed by atoms with Crippen LogP contribution in [0.15, 0.2) is 24.3 Å². The maximum Gasteiger partial charge on any atom is 0.273 e. The lowest BCUT2D eigenvalue weighted by Crippen LogP contribution is -2.32. The molecule has 1 aromatic carbocycles. The molecule has 0 bridgehead atoms. The number of nitro groups is 1. The van der Waals surface area contributed by atoms with E-state index in [0.717, 1.165) is 4.31 Å². The number of nitrogens with zero attached hydrogens (tertiary/aromatic N) is 3. The smallest absolute Gasteiger partial charge is 0.258 e. The van der Waals surface area contributed by atoms with Gasteiger partial charge in [0.05, 0.1) is 16.7 Å². The summed E-state index contributed by atoms with van der Waals surface area (Å²) >= 11 is 0. The molecule has 7 nitrogen and oxygen atoms in total. The standard InChI is InChI=1S/C12H15N3O4S/c1-2-14(9-5-8-13)20(18,19)10-11-6-3-4-7-12(11)15(16)17/h3-4,6-7H,2,5,9-10H2,1H3. The molecule has 0 aliphatic carbocycles. The molecule has 1 rings (SSSR count). The number of sulfonamides is 1. The summed E-state index contributed by atoms with van der Waals surface area (Å²) in [6.07, 6.45) is 0.0873. The van der Waals surface area contributed by atoms with Crippen molar-refractivity contribution in [1.82, 2.24) is 4.31 Å². The number of benzene rings is 1. The highest BCUT2D eigenvalue weighted by Gasteiger charge is 2.24. The van der Waals surface area contributed by atoms with Gasteiger partial charge in [-0.2, -0.15) is 5.26 Å². The topological polar surface area (TPSA) is 104 Å². The van der Waals surface area contributed by atoms with Gasteiger partial charge in [-0.1, -0.05) is 25.1 Å². The summed E-state index contributed by atoms with van der Waals surface area (Å²) in [5, 5.41) is 19.4. The summed E-state index contributed by atoms with van der Waals surface area (Å²) in [5.74, 6) is -0.441. The second kappa shape index (κ2) is 6.98. The molecule has 1 aromatic rings. The average Bonchev–Trinajstić information content (AvgIpc) is 2.39. The Balaban J connectivity index is 3.02. The van der Waals surface area contributed by atoms with Gasteiger partial charge in [0, 0.05) is 31.1 Å². The van der Waals surface area contributed by atoms with E-state index in [-0.39, 0.29) is 30.8 Å². The van der Waals surface area contributed by atoms with Crippen LogP contribution in [0.25, 0.3) is 0 Å². The molecule has 0 atom stereocenters. The number of nitro benzene ring substituents is 1. The van der Waals surface area contributed by atoms with E-state index in [1.165, 1.54) is 18.2 Å². The molecule has 0 fully saturated rings. The van der Waals surface area contributed by atoms with Crippen LogP contribution < -0.4 is 0 Å². The van der Waals surface area contributed by atoms with Crippen molar-refractivity contribution in [3.63, 3.8) is 0 Å². The Kier molecular flexibility index (Phi) is 5.61. The van der Waals surface area contributed by atoms with Crippen LogP contribution in [0.3, 0.4) is 0 Å². The Hall–Kier alpha value is -1.98. The third kappa shape index (κ3) is 4.01. The summed E-state index contributed by atoms with van der Waals surface area (Å²) in [6, 6.07) is 7.63. The summed E-state index contributed by atoms with van der Waals surface area (Å²) in [6.45, 7) is 1.98. The lowest BCUT2D eigenvalue weighted by atomic mass is 10.2. The van der Waals surface area contributed by atoms with Crippen molar-refractivity contribution >= 4 is 15.7 Å². The molecule has 108 valence electrons. The fourth-order valence-corrected chi connectivity index (χ4v) is 3.35. The molecule has 0 aromatic heterocycles. The maximum atomic E-state index is 12.2. The van der Waals surface area contributed by atoms with Gasteiger partial charge in [-0.25, -0.2) is 12.7 Å². The first-order chi connectivity index (χ1) is 9.42. The van der Waals surface area contributed by atoms with Gasteiger partial charge in [0.2, 0.25) is 10.0 Å². The minimum atomic E-state index is -3.68. The zero-order valence-electron chi connectivity index (χ0n) is 11.0. The molecule has 0 aliphatic heterocycles. The van der Waals surface area contributed by atoms with Crippen molar-refractivity contribution in [2.75, 3.05) is 13.1 Å². The molecule has 0 aliphatic rings. The number of nitriles is 1. The van der Waals surface area contributed by atoms with Crippen LogP contribution in [-0.2, 0) is 15.8 Å². The van der Waals surface area contributed by atoms with E-state index >= 15 is 0 Å². The Bertz CT molecular complexity index is 622. The molecular formula is C12H15N3O4S. The first kappa shape index (κ1) is 16.1.